The monoisotopic (exact) mass is 398 g/mol. The van der Waals surface area contributed by atoms with Gasteiger partial charge in [0.25, 0.3) is 0 Å². The van der Waals surface area contributed by atoms with E-state index in [2.05, 4.69) is 13.8 Å². The normalized spacial score (nSPS) is 11.0. The summed E-state index contributed by atoms with van der Waals surface area (Å²) in [4.78, 5) is 23.3. The lowest BCUT2D eigenvalue weighted by atomic mass is 9.92. The fourth-order valence-corrected chi connectivity index (χ4v) is 3.39. The van der Waals surface area contributed by atoms with Crippen molar-refractivity contribution >= 4 is 11.9 Å². The Morgan fingerprint density at radius 2 is 1.07 bits per heavy atom. The molecule has 0 aromatic heterocycles. The van der Waals surface area contributed by atoms with Gasteiger partial charge in [-0.2, -0.15) is 0 Å². The fraction of sp³-hybridized carbons (Fsp3) is 0.917. The summed E-state index contributed by atoms with van der Waals surface area (Å²) in [7, 11) is 0. The molecule has 28 heavy (non-hydrogen) atoms. The number of rotatable bonds is 20. The van der Waals surface area contributed by atoms with Crippen molar-refractivity contribution in [3.05, 3.63) is 0 Å². The summed E-state index contributed by atoms with van der Waals surface area (Å²) in [5.74, 6) is 0.400. The fourth-order valence-electron chi connectivity index (χ4n) is 3.39. The lowest BCUT2D eigenvalue weighted by molar-refractivity contribution is -0.146. The number of ether oxygens (including phenoxy) is 2. The maximum absolute atomic E-state index is 11.9. The first-order valence-corrected chi connectivity index (χ1v) is 11.9. The van der Waals surface area contributed by atoms with Crippen LogP contribution in [-0.4, -0.2) is 25.2 Å². The largest absolute Gasteiger partial charge is 0.466 e. The van der Waals surface area contributed by atoms with Crippen molar-refractivity contribution in [1.29, 1.82) is 0 Å². The Balaban J connectivity index is 3.87. The van der Waals surface area contributed by atoms with Crippen molar-refractivity contribution in [1.82, 2.24) is 0 Å². The van der Waals surface area contributed by atoms with Gasteiger partial charge in [0.1, 0.15) is 0 Å². The van der Waals surface area contributed by atoms with Gasteiger partial charge in [-0.05, 0) is 31.6 Å². The number of hydrogen-bond acceptors (Lipinski definition) is 4. The van der Waals surface area contributed by atoms with Crippen LogP contribution in [0.1, 0.15) is 124 Å². The van der Waals surface area contributed by atoms with Crippen molar-refractivity contribution in [2.45, 2.75) is 124 Å². The molecule has 0 radical (unpaired) electrons. The molecule has 0 heterocycles. The Bertz CT molecular complexity index is 356. The molecule has 0 rings (SSSR count). The molecule has 0 bridgehead atoms. The molecule has 0 aromatic carbocycles. The molecule has 0 aliphatic rings. The molecule has 0 amide bonds. The van der Waals surface area contributed by atoms with Gasteiger partial charge in [-0.1, -0.05) is 85.0 Å². The number of esters is 2. The maximum atomic E-state index is 11.9. The second-order valence-corrected chi connectivity index (χ2v) is 8.00. The third kappa shape index (κ3) is 18.3. The lowest BCUT2D eigenvalue weighted by Crippen LogP contribution is -2.11. The Morgan fingerprint density at radius 1 is 0.571 bits per heavy atom. The Kier molecular flexibility index (Phi) is 19.9. The van der Waals surface area contributed by atoms with E-state index in [0.717, 1.165) is 12.8 Å². The Morgan fingerprint density at radius 3 is 1.54 bits per heavy atom. The van der Waals surface area contributed by atoms with E-state index in [0.29, 0.717) is 44.8 Å². The summed E-state index contributed by atoms with van der Waals surface area (Å²) in [5, 5.41) is 0. The van der Waals surface area contributed by atoms with Crippen LogP contribution in [-0.2, 0) is 19.1 Å². The van der Waals surface area contributed by atoms with Gasteiger partial charge >= 0.3 is 11.9 Å². The third-order valence-corrected chi connectivity index (χ3v) is 5.20. The highest BCUT2D eigenvalue weighted by Gasteiger charge is 2.11. The zero-order chi connectivity index (χ0) is 20.9. The summed E-state index contributed by atoms with van der Waals surface area (Å²) in [6.45, 7) is 7.50. The average Bonchev–Trinajstić information content (AvgIpc) is 2.69. The van der Waals surface area contributed by atoms with Crippen LogP contribution in [0.3, 0.4) is 0 Å². The summed E-state index contributed by atoms with van der Waals surface area (Å²) in [6.07, 6.45) is 17.0. The van der Waals surface area contributed by atoms with Crippen LogP contribution in [0, 0.1) is 5.92 Å². The van der Waals surface area contributed by atoms with Crippen LogP contribution in [0.4, 0.5) is 0 Å². The smallest absolute Gasteiger partial charge is 0.305 e. The molecule has 0 N–H and O–H groups in total. The summed E-state index contributed by atoms with van der Waals surface area (Å²) in [5.41, 5.74) is 0. The quantitative estimate of drug-likeness (QED) is 0.164. The molecule has 0 unspecified atom stereocenters. The van der Waals surface area contributed by atoms with Crippen LogP contribution in [0.15, 0.2) is 0 Å². The van der Waals surface area contributed by atoms with Gasteiger partial charge in [0.15, 0.2) is 0 Å². The van der Waals surface area contributed by atoms with Crippen molar-refractivity contribution in [3.63, 3.8) is 0 Å². The number of unbranched alkanes of at least 4 members (excludes halogenated alkanes) is 7. The standard InChI is InChI=1S/C24H46O4/c1-4-7-9-11-15-22(16-12-10-8-5-2)19-21-28-24(26)18-14-13-17-23(25)27-20-6-3/h22H,4-21H2,1-3H3. The van der Waals surface area contributed by atoms with Crippen molar-refractivity contribution < 1.29 is 19.1 Å². The first-order chi connectivity index (χ1) is 13.6. The van der Waals surface area contributed by atoms with E-state index >= 15 is 0 Å². The minimum Gasteiger partial charge on any atom is -0.466 e. The zero-order valence-corrected chi connectivity index (χ0v) is 18.9. The van der Waals surface area contributed by atoms with Gasteiger partial charge in [0, 0.05) is 12.8 Å². The topological polar surface area (TPSA) is 52.6 Å². The van der Waals surface area contributed by atoms with Crippen LogP contribution in [0.25, 0.3) is 0 Å². The van der Waals surface area contributed by atoms with Crippen LogP contribution in [0.5, 0.6) is 0 Å². The predicted octanol–water partition coefficient (Wildman–Crippen LogP) is 6.99. The molecular formula is C24H46O4. The van der Waals surface area contributed by atoms with Crippen LogP contribution in [0.2, 0.25) is 0 Å². The number of hydrogen-bond donors (Lipinski definition) is 0. The first kappa shape index (κ1) is 26.9. The highest BCUT2D eigenvalue weighted by atomic mass is 16.5. The van der Waals surface area contributed by atoms with Crippen molar-refractivity contribution in [2.24, 2.45) is 5.92 Å². The van der Waals surface area contributed by atoms with Crippen molar-refractivity contribution in [3.8, 4) is 0 Å². The maximum Gasteiger partial charge on any atom is 0.305 e. The highest BCUT2D eigenvalue weighted by molar-refractivity contribution is 5.70. The van der Waals surface area contributed by atoms with Gasteiger partial charge in [0.2, 0.25) is 0 Å². The summed E-state index contributed by atoms with van der Waals surface area (Å²) in [6, 6.07) is 0. The first-order valence-electron chi connectivity index (χ1n) is 11.9. The van der Waals surface area contributed by atoms with Crippen LogP contribution >= 0.6 is 0 Å². The summed E-state index contributed by atoms with van der Waals surface area (Å²) < 4.78 is 10.5. The van der Waals surface area contributed by atoms with E-state index < -0.39 is 0 Å². The molecular weight excluding hydrogens is 352 g/mol. The molecule has 0 fully saturated rings. The second-order valence-electron chi connectivity index (χ2n) is 8.00. The van der Waals surface area contributed by atoms with Gasteiger partial charge < -0.3 is 9.47 Å². The Hall–Kier alpha value is -1.06. The molecule has 0 aliphatic heterocycles. The molecule has 0 aromatic rings. The minimum atomic E-state index is -0.163. The molecule has 0 saturated heterocycles. The number of carbonyl (C=O) groups excluding carboxylic acids is 2. The Labute approximate surface area is 174 Å². The van der Waals surface area contributed by atoms with E-state index in [-0.39, 0.29) is 11.9 Å². The average molecular weight is 399 g/mol. The van der Waals surface area contributed by atoms with E-state index in [1.54, 1.807) is 0 Å². The predicted molar refractivity (Wildman–Crippen MR) is 116 cm³/mol. The van der Waals surface area contributed by atoms with Gasteiger partial charge in [-0.3, -0.25) is 9.59 Å². The van der Waals surface area contributed by atoms with Crippen molar-refractivity contribution in [2.75, 3.05) is 13.2 Å². The molecule has 4 heteroatoms. The van der Waals surface area contributed by atoms with Gasteiger partial charge in [-0.15, -0.1) is 0 Å². The van der Waals surface area contributed by atoms with Gasteiger partial charge in [-0.25, -0.2) is 0 Å². The van der Waals surface area contributed by atoms with Gasteiger partial charge in [0.05, 0.1) is 13.2 Å². The van der Waals surface area contributed by atoms with E-state index in [9.17, 15) is 9.59 Å². The number of carbonyl (C=O) groups is 2. The summed E-state index contributed by atoms with van der Waals surface area (Å²) >= 11 is 0. The minimum absolute atomic E-state index is 0.127. The molecule has 166 valence electrons. The molecule has 0 aliphatic carbocycles. The van der Waals surface area contributed by atoms with E-state index in [1.165, 1.54) is 64.2 Å². The van der Waals surface area contributed by atoms with Crippen LogP contribution < -0.4 is 0 Å². The lowest BCUT2D eigenvalue weighted by Gasteiger charge is -2.17. The molecule has 0 saturated carbocycles. The SMILES string of the molecule is CCCCCCC(CCCCCC)CCOC(=O)CCCCC(=O)OCCC. The molecule has 0 atom stereocenters. The highest BCUT2D eigenvalue weighted by Crippen LogP contribution is 2.21. The van der Waals surface area contributed by atoms with E-state index in [4.69, 9.17) is 9.47 Å². The second kappa shape index (κ2) is 20.7. The van der Waals surface area contributed by atoms with E-state index in [1.807, 2.05) is 6.92 Å². The molecule has 4 nitrogen and oxygen atoms in total. The molecule has 0 spiro atoms. The third-order valence-electron chi connectivity index (χ3n) is 5.20. The zero-order valence-electron chi connectivity index (χ0n) is 18.9.